The largest absolute Gasteiger partial charge is 0.465 e. The Hall–Kier alpha value is -3.99. The number of nitro groups is 1. The first kappa shape index (κ1) is 19.8. The average molecular weight is 413 g/mol. The summed E-state index contributed by atoms with van der Waals surface area (Å²) >= 11 is 1.30. The van der Waals surface area contributed by atoms with Gasteiger partial charge in [0.1, 0.15) is 22.9 Å². The van der Waals surface area contributed by atoms with E-state index in [0.29, 0.717) is 22.3 Å². The number of hydrazone groups is 1. The van der Waals surface area contributed by atoms with Gasteiger partial charge in [-0.25, -0.2) is 9.78 Å². The number of nitrogens with one attached hydrogen (secondary N) is 1. The quantitative estimate of drug-likeness (QED) is 0.259. The fourth-order valence-electron chi connectivity index (χ4n) is 2.28. The number of esters is 1. The summed E-state index contributed by atoms with van der Waals surface area (Å²) in [5.41, 5.74) is 8.59. The molecule has 29 heavy (non-hydrogen) atoms. The minimum Gasteiger partial charge on any atom is -0.465 e. The molecule has 1 aromatic heterocycles. The number of hydrogen-bond acceptors (Lipinski definition) is 10. The van der Waals surface area contributed by atoms with E-state index in [1.165, 1.54) is 36.8 Å². The highest BCUT2D eigenvalue weighted by molar-refractivity contribution is 7.14. The molecule has 0 saturated carbocycles. The van der Waals surface area contributed by atoms with E-state index >= 15 is 0 Å². The lowest BCUT2D eigenvalue weighted by molar-refractivity contribution is -0.384. The number of nitro benzene ring substituents is 1. The van der Waals surface area contributed by atoms with E-state index in [1.807, 2.05) is 0 Å². The number of para-hydroxylation sites is 1. The van der Waals surface area contributed by atoms with Crippen LogP contribution in [0.1, 0.15) is 15.9 Å². The van der Waals surface area contributed by atoms with Crippen molar-refractivity contribution in [1.29, 1.82) is 0 Å². The highest BCUT2D eigenvalue weighted by Crippen LogP contribution is 2.30. The second-order valence-corrected chi connectivity index (χ2v) is 6.37. The van der Waals surface area contributed by atoms with Crippen molar-refractivity contribution in [2.45, 2.75) is 0 Å². The number of carbonyl (C=O) groups excluding carboxylic acids is 1. The number of thiazole rings is 1. The predicted octanol–water partition coefficient (Wildman–Crippen LogP) is 3.66. The van der Waals surface area contributed by atoms with Gasteiger partial charge in [-0.3, -0.25) is 15.5 Å². The van der Waals surface area contributed by atoms with Crippen molar-refractivity contribution in [3.05, 3.63) is 69.1 Å². The summed E-state index contributed by atoms with van der Waals surface area (Å²) in [5, 5.41) is 17.3. The molecule has 10 nitrogen and oxygen atoms in total. The molecule has 0 bridgehead atoms. The number of carbonyl (C=O) groups is 1. The molecule has 2 aromatic carbocycles. The number of methoxy groups -OCH3 is 1. The van der Waals surface area contributed by atoms with Crippen molar-refractivity contribution >= 4 is 40.2 Å². The summed E-state index contributed by atoms with van der Waals surface area (Å²) < 4.78 is 10.5. The van der Waals surface area contributed by atoms with E-state index in [1.54, 1.807) is 29.6 Å². The van der Waals surface area contributed by atoms with E-state index in [2.05, 4.69) is 15.5 Å². The zero-order valence-electron chi connectivity index (χ0n) is 15.1. The van der Waals surface area contributed by atoms with Gasteiger partial charge in [0.05, 0.1) is 18.2 Å². The predicted molar refractivity (Wildman–Crippen MR) is 109 cm³/mol. The van der Waals surface area contributed by atoms with E-state index in [-0.39, 0.29) is 17.0 Å². The molecule has 0 fully saturated rings. The molecule has 3 aromatic rings. The number of hydrogen-bond donors (Lipinski definition) is 2. The second-order valence-electron chi connectivity index (χ2n) is 5.52. The fourth-order valence-corrected chi connectivity index (χ4v) is 2.83. The van der Waals surface area contributed by atoms with Gasteiger partial charge < -0.3 is 15.2 Å². The van der Waals surface area contributed by atoms with Crippen LogP contribution < -0.4 is 15.9 Å². The first-order chi connectivity index (χ1) is 14.0. The number of benzene rings is 2. The summed E-state index contributed by atoms with van der Waals surface area (Å²) in [6, 6.07) is 10.6. The Labute approximate surface area is 168 Å². The molecule has 0 unspecified atom stereocenters. The Bertz CT molecular complexity index is 1080. The van der Waals surface area contributed by atoms with Crippen molar-refractivity contribution < 1.29 is 19.2 Å². The third-order valence-electron chi connectivity index (χ3n) is 3.60. The molecule has 0 spiro atoms. The molecule has 148 valence electrons. The molecule has 3 N–H and O–H groups in total. The van der Waals surface area contributed by atoms with Gasteiger partial charge in [0.25, 0.3) is 5.69 Å². The Morgan fingerprint density at radius 1 is 1.31 bits per heavy atom. The normalized spacial score (nSPS) is 10.7. The topological polar surface area (TPSA) is 142 Å². The number of non-ortho nitro benzene ring substituents is 1. The second kappa shape index (κ2) is 8.80. The minimum absolute atomic E-state index is 0.0650. The van der Waals surface area contributed by atoms with Gasteiger partial charge in [-0.2, -0.15) is 5.10 Å². The highest BCUT2D eigenvalue weighted by atomic mass is 32.1. The smallest absolute Gasteiger partial charge is 0.341 e. The van der Waals surface area contributed by atoms with Gasteiger partial charge in [-0.15, -0.1) is 11.3 Å². The number of ether oxygens (including phenoxy) is 2. The Morgan fingerprint density at radius 2 is 2.10 bits per heavy atom. The van der Waals surface area contributed by atoms with Crippen LogP contribution in [0.25, 0.3) is 0 Å². The van der Waals surface area contributed by atoms with Gasteiger partial charge in [-0.05, 0) is 18.2 Å². The van der Waals surface area contributed by atoms with Gasteiger partial charge in [0, 0.05) is 23.1 Å². The molecule has 11 heteroatoms. The van der Waals surface area contributed by atoms with Crippen LogP contribution in [0.15, 0.2) is 52.9 Å². The van der Waals surface area contributed by atoms with Gasteiger partial charge in [0.2, 0.25) is 5.13 Å². The first-order valence-corrected chi connectivity index (χ1v) is 8.99. The summed E-state index contributed by atoms with van der Waals surface area (Å²) in [6.07, 6.45) is 1.51. The zero-order valence-corrected chi connectivity index (χ0v) is 15.9. The monoisotopic (exact) mass is 413 g/mol. The van der Waals surface area contributed by atoms with Crippen molar-refractivity contribution in [2.75, 3.05) is 18.3 Å². The minimum atomic E-state index is -0.752. The van der Waals surface area contributed by atoms with E-state index < -0.39 is 10.9 Å². The highest BCUT2D eigenvalue weighted by Gasteiger charge is 2.19. The van der Waals surface area contributed by atoms with Gasteiger partial charge in [0.15, 0.2) is 0 Å². The molecular formula is C18H15N5O5S. The van der Waals surface area contributed by atoms with Crippen molar-refractivity contribution in [1.82, 2.24) is 4.98 Å². The molecule has 0 saturated heterocycles. The van der Waals surface area contributed by atoms with Gasteiger partial charge in [-0.1, -0.05) is 12.1 Å². The third-order valence-corrected chi connectivity index (χ3v) is 4.37. The number of rotatable bonds is 7. The first-order valence-electron chi connectivity index (χ1n) is 8.11. The Kier molecular flexibility index (Phi) is 6.00. The number of nitrogens with two attached hydrogens (primary N) is 1. The van der Waals surface area contributed by atoms with Crippen LogP contribution in [0, 0.1) is 10.1 Å². The number of nitrogen functional groups attached to an aromatic ring is 1. The Morgan fingerprint density at radius 3 is 2.79 bits per heavy atom. The van der Waals surface area contributed by atoms with Crippen LogP contribution in [0.3, 0.4) is 0 Å². The number of aromatic nitrogens is 1. The molecule has 0 amide bonds. The summed E-state index contributed by atoms with van der Waals surface area (Å²) in [4.78, 5) is 26.5. The van der Waals surface area contributed by atoms with Crippen molar-refractivity contribution in [3.63, 3.8) is 0 Å². The van der Waals surface area contributed by atoms with Crippen LogP contribution in [0.4, 0.5) is 16.6 Å². The maximum Gasteiger partial charge on any atom is 0.341 e. The van der Waals surface area contributed by atoms with Crippen LogP contribution in [-0.2, 0) is 4.74 Å². The molecule has 0 radical (unpaired) electrons. The van der Waals surface area contributed by atoms with Crippen LogP contribution in [0.5, 0.6) is 11.5 Å². The van der Waals surface area contributed by atoms with Crippen LogP contribution in [-0.4, -0.2) is 29.2 Å². The SMILES string of the molecule is COC(=O)c1cc([N+](=O)[O-])ccc1Oc1ccccc1C=NNc1nc(N)cs1. The number of nitrogens with zero attached hydrogens (tertiary/aromatic N) is 3. The van der Waals surface area contributed by atoms with E-state index in [0.717, 1.165) is 6.07 Å². The Balaban J connectivity index is 1.87. The van der Waals surface area contributed by atoms with Crippen LogP contribution >= 0.6 is 11.3 Å². The summed E-state index contributed by atoms with van der Waals surface area (Å²) in [6.45, 7) is 0. The maximum atomic E-state index is 12.0. The molecule has 0 aliphatic carbocycles. The molecule has 3 rings (SSSR count). The average Bonchev–Trinajstić information content (AvgIpc) is 3.13. The lowest BCUT2D eigenvalue weighted by Gasteiger charge is -2.11. The molecule has 0 aliphatic heterocycles. The van der Waals surface area contributed by atoms with Crippen molar-refractivity contribution in [2.24, 2.45) is 5.10 Å². The molecule has 1 heterocycles. The lowest BCUT2D eigenvalue weighted by atomic mass is 10.1. The van der Waals surface area contributed by atoms with E-state index in [9.17, 15) is 14.9 Å². The zero-order chi connectivity index (χ0) is 20.8. The number of anilines is 2. The summed E-state index contributed by atoms with van der Waals surface area (Å²) in [7, 11) is 1.18. The van der Waals surface area contributed by atoms with Crippen molar-refractivity contribution in [3.8, 4) is 11.5 Å². The van der Waals surface area contributed by atoms with E-state index in [4.69, 9.17) is 15.2 Å². The lowest BCUT2D eigenvalue weighted by Crippen LogP contribution is -2.05. The van der Waals surface area contributed by atoms with Gasteiger partial charge >= 0.3 is 5.97 Å². The molecular weight excluding hydrogens is 398 g/mol. The maximum absolute atomic E-state index is 12.0. The van der Waals surface area contributed by atoms with Crippen LogP contribution in [0.2, 0.25) is 0 Å². The standard InChI is InChI=1S/C18H15N5O5S/c1-27-17(24)13-8-12(23(25)26)6-7-15(13)28-14-5-3-2-4-11(14)9-20-22-18-21-16(19)10-29-18/h2-10H,19H2,1H3,(H,21,22). The molecule has 0 aliphatic rings. The molecule has 0 atom stereocenters. The summed E-state index contributed by atoms with van der Waals surface area (Å²) in [5.74, 6) is 0.141. The third kappa shape index (κ3) is 4.84. The fraction of sp³-hybridized carbons (Fsp3) is 0.0556.